The molecular formula is C14H13N3O2. The third-order valence-electron chi connectivity index (χ3n) is 2.40. The van der Waals surface area contributed by atoms with E-state index in [4.69, 9.17) is 10.3 Å². The summed E-state index contributed by atoms with van der Waals surface area (Å²) in [4.78, 5) is 11.6. The standard InChI is InChI=1S/C14H13N3O2/c15-8-1-2-11-3-5-12(6-4-11)10-16-14(18)13-7-9-17-19-13/h3-7,9H,8,10,15H2,(H,16,18). The quantitative estimate of drug-likeness (QED) is 0.799. The van der Waals surface area contributed by atoms with Gasteiger partial charge in [0.1, 0.15) is 0 Å². The van der Waals surface area contributed by atoms with E-state index < -0.39 is 0 Å². The van der Waals surface area contributed by atoms with Crippen LogP contribution in [0.25, 0.3) is 0 Å². The zero-order chi connectivity index (χ0) is 13.5. The van der Waals surface area contributed by atoms with Crippen LogP contribution in [0.5, 0.6) is 0 Å². The largest absolute Gasteiger partial charge is 0.351 e. The Balaban J connectivity index is 1.91. The second-order valence-electron chi connectivity index (χ2n) is 3.76. The Labute approximate surface area is 110 Å². The fraction of sp³-hybridized carbons (Fsp3) is 0.143. The number of nitrogens with one attached hydrogen (secondary N) is 1. The van der Waals surface area contributed by atoms with E-state index in [-0.39, 0.29) is 11.7 Å². The number of benzene rings is 1. The molecule has 0 aliphatic heterocycles. The average Bonchev–Trinajstić information content (AvgIpc) is 2.98. The van der Waals surface area contributed by atoms with Crippen molar-refractivity contribution in [3.05, 3.63) is 53.4 Å². The van der Waals surface area contributed by atoms with Crippen molar-refractivity contribution in [3.8, 4) is 11.8 Å². The molecule has 0 atom stereocenters. The molecule has 2 aromatic rings. The van der Waals surface area contributed by atoms with E-state index in [1.165, 1.54) is 12.3 Å². The molecule has 0 unspecified atom stereocenters. The maximum atomic E-state index is 11.6. The van der Waals surface area contributed by atoms with Crippen molar-refractivity contribution in [1.82, 2.24) is 10.5 Å². The lowest BCUT2D eigenvalue weighted by atomic mass is 10.1. The molecule has 2 rings (SSSR count). The molecule has 0 radical (unpaired) electrons. The lowest BCUT2D eigenvalue weighted by molar-refractivity contribution is 0.0914. The smallest absolute Gasteiger partial charge is 0.290 e. The van der Waals surface area contributed by atoms with Gasteiger partial charge in [0.25, 0.3) is 5.91 Å². The van der Waals surface area contributed by atoms with Crippen molar-refractivity contribution in [1.29, 1.82) is 0 Å². The van der Waals surface area contributed by atoms with E-state index in [0.717, 1.165) is 11.1 Å². The molecule has 0 bridgehead atoms. The molecule has 96 valence electrons. The van der Waals surface area contributed by atoms with Gasteiger partial charge in [0.2, 0.25) is 5.76 Å². The monoisotopic (exact) mass is 255 g/mol. The van der Waals surface area contributed by atoms with Crippen molar-refractivity contribution in [2.45, 2.75) is 6.54 Å². The molecule has 1 aromatic heterocycles. The van der Waals surface area contributed by atoms with Crippen molar-refractivity contribution in [2.75, 3.05) is 6.54 Å². The summed E-state index contributed by atoms with van der Waals surface area (Å²) in [5, 5.41) is 6.21. The topological polar surface area (TPSA) is 81.1 Å². The van der Waals surface area contributed by atoms with Gasteiger partial charge in [0.15, 0.2) is 0 Å². The maximum Gasteiger partial charge on any atom is 0.290 e. The highest BCUT2D eigenvalue weighted by atomic mass is 16.5. The molecule has 0 aliphatic rings. The summed E-state index contributed by atoms with van der Waals surface area (Å²) in [5.74, 6) is 5.63. The second kappa shape index (κ2) is 6.38. The molecule has 0 saturated carbocycles. The van der Waals surface area contributed by atoms with Crippen molar-refractivity contribution in [2.24, 2.45) is 5.73 Å². The van der Waals surface area contributed by atoms with E-state index >= 15 is 0 Å². The maximum absolute atomic E-state index is 11.6. The molecule has 19 heavy (non-hydrogen) atoms. The van der Waals surface area contributed by atoms with Gasteiger partial charge in [-0.25, -0.2) is 0 Å². The zero-order valence-corrected chi connectivity index (χ0v) is 10.2. The molecule has 5 nitrogen and oxygen atoms in total. The van der Waals surface area contributed by atoms with Gasteiger partial charge >= 0.3 is 0 Å². The molecule has 5 heteroatoms. The minimum absolute atomic E-state index is 0.199. The number of hydrogen-bond acceptors (Lipinski definition) is 4. The van der Waals surface area contributed by atoms with Crippen LogP contribution in [0.15, 0.2) is 41.1 Å². The number of carbonyl (C=O) groups is 1. The highest BCUT2D eigenvalue weighted by Crippen LogP contribution is 2.04. The van der Waals surface area contributed by atoms with E-state index in [1.54, 1.807) is 0 Å². The summed E-state index contributed by atoms with van der Waals surface area (Å²) in [5.41, 5.74) is 7.18. The summed E-state index contributed by atoms with van der Waals surface area (Å²) < 4.78 is 4.75. The third-order valence-corrected chi connectivity index (χ3v) is 2.40. The summed E-state index contributed by atoms with van der Waals surface area (Å²) in [6, 6.07) is 9.10. The van der Waals surface area contributed by atoms with Gasteiger partial charge in [-0.3, -0.25) is 4.79 Å². The summed E-state index contributed by atoms with van der Waals surface area (Å²) in [6.07, 6.45) is 1.43. The fourth-order valence-corrected chi connectivity index (χ4v) is 1.46. The van der Waals surface area contributed by atoms with Crippen LogP contribution in [-0.4, -0.2) is 17.6 Å². The summed E-state index contributed by atoms with van der Waals surface area (Å²) >= 11 is 0. The number of hydrogen-bond donors (Lipinski definition) is 2. The Bertz CT molecular complexity index is 592. The van der Waals surface area contributed by atoms with Crippen molar-refractivity contribution < 1.29 is 9.32 Å². The third kappa shape index (κ3) is 3.69. The predicted molar refractivity (Wildman–Crippen MR) is 70.0 cm³/mol. The van der Waals surface area contributed by atoms with Crippen LogP contribution in [0.1, 0.15) is 21.7 Å². The van der Waals surface area contributed by atoms with Crippen LogP contribution in [0.4, 0.5) is 0 Å². The van der Waals surface area contributed by atoms with E-state index in [0.29, 0.717) is 13.1 Å². The highest BCUT2D eigenvalue weighted by molar-refractivity contribution is 5.91. The first kappa shape index (κ1) is 12.9. The Morgan fingerprint density at radius 1 is 1.32 bits per heavy atom. The summed E-state index contributed by atoms with van der Waals surface area (Å²) in [6.45, 7) is 0.763. The van der Waals surface area contributed by atoms with E-state index in [9.17, 15) is 4.79 Å². The van der Waals surface area contributed by atoms with Crippen molar-refractivity contribution in [3.63, 3.8) is 0 Å². The van der Waals surface area contributed by atoms with E-state index in [1.807, 2.05) is 24.3 Å². The molecule has 1 amide bonds. The highest BCUT2D eigenvalue weighted by Gasteiger charge is 2.08. The molecule has 0 fully saturated rings. The van der Waals surface area contributed by atoms with Crippen LogP contribution in [0, 0.1) is 11.8 Å². The number of aromatic nitrogens is 1. The van der Waals surface area contributed by atoms with Gasteiger partial charge in [0.05, 0.1) is 12.7 Å². The Kier molecular flexibility index (Phi) is 4.32. The first-order valence-electron chi connectivity index (χ1n) is 5.76. The van der Waals surface area contributed by atoms with Gasteiger partial charge < -0.3 is 15.6 Å². The van der Waals surface area contributed by atoms with Gasteiger partial charge in [-0.1, -0.05) is 29.1 Å². The number of carbonyl (C=O) groups excluding carboxylic acids is 1. The number of nitrogens with two attached hydrogens (primary N) is 1. The molecule has 3 N–H and O–H groups in total. The van der Waals surface area contributed by atoms with Gasteiger partial charge in [-0.2, -0.15) is 0 Å². The molecular weight excluding hydrogens is 242 g/mol. The molecule has 0 spiro atoms. The van der Waals surface area contributed by atoms with Crippen LogP contribution in [0.2, 0.25) is 0 Å². The zero-order valence-electron chi connectivity index (χ0n) is 10.2. The van der Waals surface area contributed by atoms with Crippen LogP contribution in [0.3, 0.4) is 0 Å². The minimum Gasteiger partial charge on any atom is -0.351 e. The normalized spacial score (nSPS) is 9.53. The average molecular weight is 255 g/mol. The second-order valence-corrected chi connectivity index (χ2v) is 3.76. The Hall–Kier alpha value is -2.58. The fourth-order valence-electron chi connectivity index (χ4n) is 1.46. The first-order valence-corrected chi connectivity index (χ1v) is 5.76. The lowest BCUT2D eigenvalue weighted by Crippen LogP contribution is -2.22. The SMILES string of the molecule is NCC#Cc1ccc(CNC(=O)c2ccno2)cc1. The number of nitrogens with zero attached hydrogens (tertiary/aromatic N) is 1. The molecule has 0 saturated heterocycles. The Morgan fingerprint density at radius 3 is 2.74 bits per heavy atom. The summed E-state index contributed by atoms with van der Waals surface area (Å²) in [7, 11) is 0. The predicted octanol–water partition coefficient (Wildman–Crippen LogP) is 0.915. The molecule has 1 heterocycles. The number of amides is 1. The number of rotatable bonds is 3. The van der Waals surface area contributed by atoms with Crippen LogP contribution < -0.4 is 11.1 Å². The van der Waals surface area contributed by atoms with Crippen LogP contribution >= 0.6 is 0 Å². The molecule has 1 aromatic carbocycles. The van der Waals surface area contributed by atoms with E-state index in [2.05, 4.69) is 22.3 Å². The lowest BCUT2D eigenvalue weighted by Gasteiger charge is -2.03. The van der Waals surface area contributed by atoms with Crippen LogP contribution in [-0.2, 0) is 6.54 Å². The minimum atomic E-state index is -0.288. The Morgan fingerprint density at radius 2 is 2.11 bits per heavy atom. The van der Waals surface area contributed by atoms with Crippen molar-refractivity contribution >= 4 is 5.91 Å². The molecule has 0 aliphatic carbocycles. The van der Waals surface area contributed by atoms with Gasteiger partial charge in [0, 0.05) is 18.2 Å². The first-order chi connectivity index (χ1) is 9.29. The van der Waals surface area contributed by atoms with Gasteiger partial charge in [-0.05, 0) is 17.7 Å². The van der Waals surface area contributed by atoms with Gasteiger partial charge in [-0.15, -0.1) is 0 Å².